The maximum Gasteiger partial charge on any atom is 0.253 e. The van der Waals surface area contributed by atoms with Gasteiger partial charge in [0.15, 0.2) is 0 Å². The summed E-state index contributed by atoms with van der Waals surface area (Å²) in [6.45, 7) is 1.92. The summed E-state index contributed by atoms with van der Waals surface area (Å²) in [6, 6.07) is 5.50. The van der Waals surface area contributed by atoms with Crippen molar-refractivity contribution < 1.29 is 9.59 Å². The molecule has 2 rings (SSSR count). The summed E-state index contributed by atoms with van der Waals surface area (Å²) in [6.07, 6.45) is 2.47. The quantitative estimate of drug-likeness (QED) is 0.890. The minimum absolute atomic E-state index is 0.000465. The van der Waals surface area contributed by atoms with Crippen LogP contribution in [0.2, 0.25) is 0 Å². The second-order valence-electron chi connectivity index (χ2n) is 5.99. The van der Waals surface area contributed by atoms with E-state index < -0.39 is 0 Å². The standard InChI is InChI=1S/C16H23N3O2/c1-10-4-5-12(16(21)19(2)3)9-14(10)18-15(20)11-6-7-13(17)8-11/h4-5,9,11,13H,6-8,17H2,1-3H3,(H,18,20). The van der Waals surface area contributed by atoms with E-state index in [-0.39, 0.29) is 23.8 Å². The summed E-state index contributed by atoms with van der Waals surface area (Å²) in [5.74, 6) is -0.0958. The smallest absolute Gasteiger partial charge is 0.253 e. The highest BCUT2D eigenvalue weighted by Crippen LogP contribution is 2.26. The molecule has 0 aromatic heterocycles. The van der Waals surface area contributed by atoms with Gasteiger partial charge in [-0.15, -0.1) is 0 Å². The van der Waals surface area contributed by atoms with Crippen LogP contribution in [0.15, 0.2) is 18.2 Å². The van der Waals surface area contributed by atoms with Crippen molar-refractivity contribution in [2.45, 2.75) is 32.2 Å². The molecule has 0 heterocycles. The number of nitrogens with two attached hydrogens (primary N) is 1. The van der Waals surface area contributed by atoms with E-state index >= 15 is 0 Å². The molecule has 1 aromatic rings. The number of anilines is 1. The number of rotatable bonds is 3. The zero-order valence-corrected chi connectivity index (χ0v) is 12.8. The van der Waals surface area contributed by atoms with Gasteiger partial charge in [-0.3, -0.25) is 9.59 Å². The molecule has 0 aliphatic heterocycles. The summed E-state index contributed by atoms with van der Waals surface area (Å²) in [5, 5.41) is 2.94. The predicted octanol–water partition coefficient (Wildman–Crippen LogP) is 1.76. The van der Waals surface area contributed by atoms with Crippen molar-refractivity contribution in [1.82, 2.24) is 4.90 Å². The summed E-state index contributed by atoms with van der Waals surface area (Å²) in [5.41, 5.74) is 8.07. The maximum absolute atomic E-state index is 12.3. The number of benzene rings is 1. The predicted molar refractivity (Wildman–Crippen MR) is 83.1 cm³/mol. The Hall–Kier alpha value is -1.88. The lowest BCUT2D eigenvalue weighted by atomic mass is 10.1. The average molecular weight is 289 g/mol. The lowest BCUT2D eigenvalue weighted by Gasteiger charge is -2.15. The summed E-state index contributed by atoms with van der Waals surface area (Å²) >= 11 is 0. The Labute approximate surface area is 125 Å². The van der Waals surface area contributed by atoms with Gasteiger partial charge in [-0.1, -0.05) is 6.07 Å². The lowest BCUT2D eigenvalue weighted by Crippen LogP contribution is -2.24. The van der Waals surface area contributed by atoms with E-state index in [0.717, 1.165) is 24.8 Å². The molecule has 2 amide bonds. The van der Waals surface area contributed by atoms with E-state index in [9.17, 15) is 9.59 Å². The van der Waals surface area contributed by atoms with Crippen molar-refractivity contribution >= 4 is 17.5 Å². The van der Waals surface area contributed by atoms with Crippen LogP contribution in [0.5, 0.6) is 0 Å². The van der Waals surface area contributed by atoms with Crippen LogP contribution in [0.25, 0.3) is 0 Å². The molecule has 1 aromatic carbocycles. The molecule has 3 N–H and O–H groups in total. The van der Waals surface area contributed by atoms with Gasteiger partial charge in [-0.25, -0.2) is 0 Å². The molecular weight excluding hydrogens is 266 g/mol. The average Bonchev–Trinajstić information content (AvgIpc) is 2.87. The van der Waals surface area contributed by atoms with Crippen LogP contribution in [0.3, 0.4) is 0 Å². The minimum Gasteiger partial charge on any atom is -0.345 e. The van der Waals surface area contributed by atoms with Gasteiger partial charge >= 0.3 is 0 Å². The van der Waals surface area contributed by atoms with Gasteiger partial charge in [0.25, 0.3) is 5.91 Å². The van der Waals surface area contributed by atoms with E-state index in [4.69, 9.17) is 5.73 Å². The third kappa shape index (κ3) is 3.61. The SMILES string of the molecule is Cc1ccc(C(=O)N(C)C)cc1NC(=O)C1CCC(N)C1. The number of nitrogens with zero attached hydrogens (tertiary/aromatic N) is 1. The molecular formula is C16H23N3O2. The molecule has 2 atom stereocenters. The molecule has 0 saturated heterocycles. The Balaban J connectivity index is 2.14. The van der Waals surface area contributed by atoms with Gasteiger partial charge in [0.2, 0.25) is 5.91 Å². The second kappa shape index (κ2) is 6.26. The van der Waals surface area contributed by atoms with E-state index in [1.165, 1.54) is 4.90 Å². The molecule has 21 heavy (non-hydrogen) atoms. The second-order valence-corrected chi connectivity index (χ2v) is 5.99. The topological polar surface area (TPSA) is 75.4 Å². The number of aryl methyl sites for hydroxylation is 1. The van der Waals surface area contributed by atoms with Crippen LogP contribution in [0, 0.1) is 12.8 Å². The number of carbonyl (C=O) groups excluding carboxylic acids is 2. The Morgan fingerprint density at radius 3 is 2.57 bits per heavy atom. The van der Waals surface area contributed by atoms with E-state index in [0.29, 0.717) is 11.3 Å². The zero-order chi connectivity index (χ0) is 15.6. The van der Waals surface area contributed by atoms with Crippen LogP contribution < -0.4 is 11.1 Å². The molecule has 0 bridgehead atoms. The first-order valence-corrected chi connectivity index (χ1v) is 7.27. The van der Waals surface area contributed by atoms with Crippen molar-refractivity contribution in [3.05, 3.63) is 29.3 Å². The fourth-order valence-corrected chi connectivity index (χ4v) is 2.64. The molecule has 5 heteroatoms. The van der Waals surface area contributed by atoms with Crippen molar-refractivity contribution in [2.24, 2.45) is 11.7 Å². The van der Waals surface area contributed by atoms with Crippen LogP contribution in [0.4, 0.5) is 5.69 Å². The molecule has 1 aliphatic rings. The Morgan fingerprint density at radius 2 is 2.00 bits per heavy atom. The highest BCUT2D eigenvalue weighted by Gasteiger charge is 2.28. The first-order valence-electron chi connectivity index (χ1n) is 7.27. The van der Waals surface area contributed by atoms with E-state index in [2.05, 4.69) is 5.32 Å². The zero-order valence-electron chi connectivity index (χ0n) is 12.8. The number of carbonyl (C=O) groups is 2. The largest absolute Gasteiger partial charge is 0.345 e. The molecule has 0 radical (unpaired) electrons. The maximum atomic E-state index is 12.3. The number of hydrogen-bond acceptors (Lipinski definition) is 3. The van der Waals surface area contributed by atoms with Gasteiger partial charge in [-0.05, 0) is 43.9 Å². The van der Waals surface area contributed by atoms with Gasteiger partial charge in [0, 0.05) is 37.3 Å². The molecule has 114 valence electrons. The van der Waals surface area contributed by atoms with Gasteiger partial charge in [-0.2, -0.15) is 0 Å². The highest BCUT2D eigenvalue weighted by atomic mass is 16.2. The van der Waals surface area contributed by atoms with Gasteiger partial charge < -0.3 is 16.0 Å². The highest BCUT2D eigenvalue weighted by molar-refractivity contribution is 5.98. The van der Waals surface area contributed by atoms with Gasteiger partial charge in [0.05, 0.1) is 0 Å². The lowest BCUT2D eigenvalue weighted by molar-refractivity contribution is -0.119. The van der Waals surface area contributed by atoms with E-state index in [1.54, 1.807) is 26.2 Å². The van der Waals surface area contributed by atoms with Crippen molar-refractivity contribution in [1.29, 1.82) is 0 Å². The fourth-order valence-electron chi connectivity index (χ4n) is 2.64. The van der Waals surface area contributed by atoms with Crippen molar-refractivity contribution in [3.8, 4) is 0 Å². The minimum atomic E-state index is -0.0756. The molecule has 1 saturated carbocycles. The van der Waals surface area contributed by atoms with Crippen LogP contribution >= 0.6 is 0 Å². The Bertz CT molecular complexity index is 554. The summed E-state index contributed by atoms with van der Waals surface area (Å²) < 4.78 is 0. The molecule has 0 spiro atoms. The van der Waals surface area contributed by atoms with Crippen LogP contribution in [-0.2, 0) is 4.79 Å². The number of amides is 2. The Morgan fingerprint density at radius 1 is 1.29 bits per heavy atom. The molecule has 5 nitrogen and oxygen atoms in total. The van der Waals surface area contributed by atoms with E-state index in [1.807, 2.05) is 13.0 Å². The summed E-state index contributed by atoms with van der Waals surface area (Å²) in [7, 11) is 3.42. The number of nitrogens with one attached hydrogen (secondary N) is 1. The van der Waals surface area contributed by atoms with Crippen LogP contribution in [0.1, 0.15) is 35.2 Å². The third-order valence-corrected chi connectivity index (χ3v) is 3.99. The molecule has 1 aliphatic carbocycles. The Kier molecular flexibility index (Phi) is 4.63. The van der Waals surface area contributed by atoms with Crippen molar-refractivity contribution in [3.63, 3.8) is 0 Å². The fraction of sp³-hybridized carbons (Fsp3) is 0.500. The molecule has 2 unspecified atom stereocenters. The first-order chi connectivity index (χ1) is 9.88. The third-order valence-electron chi connectivity index (χ3n) is 3.99. The monoisotopic (exact) mass is 289 g/mol. The summed E-state index contributed by atoms with van der Waals surface area (Å²) in [4.78, 5) is 25.8. The number of hydrogen-bond donors (Lipinski definition) is 2. The first kappa shape index (κ1) is 15.5. The molecule has 1 fully saturated rings. The van der Waals surface area contributed by atoms with Gasteiger partial charge in [0.1, 0.15) is 0 Å². The van der Waals surface area contributed by atoms with Crippen molar-refractivity contribution in [2.75, 3.05) is 19.4 Å². The van der Waals surface area contributed by atoms with Crippen LogP contribution in [-0.4, -0.2) is 36.9 Å². The normalized spacial score (nSPS) is 21.1.